The molecule has 1 heterocycles. The summed E-state index contributed by atoms with van der Waals surface area (Å²) in [4.78, 5) is 15.7. The van der Waals surface area contributed by atoms with Crippen molar-refractivity contribution in [3.05, 3.63) is 42.1 Å². The Morgan fingerprint density at radius 2 is 2.22 bits per heavy atom. The first kappa shape index (κ1) is 11.2. The number of rotatable bonds is 4. The largest absolute Gasteiger partial charge is 0.465 e. The molecule has 1 aliphatic rings. The van der Waals surface area contributed by atoms with Crippen LogP contribution in [-0.4, -0.2) is 17.6 Å². The zero-order chi connectivity index (χ0) is 12.4. The third kappa shape index (κ3) is 2.50. The number of benzene rings is 1. The number of carbonyl (C=O) groups excluding carboxylic acids is 1. The van der Waals surface area contributed by atoms with E-state index in [0.717, 1.165) is 35.7 Å². The fourth-order valence-corrected chi connectivity index (χ4v) is 1.97. The maximum atomic E-state index is 11.4. The summed E-state index contributed by atoms with van der Waals surface area (Å²) in [5.41, 5.74) is 2.15. The van der Waals surface area contributed by atoms with E-state index >= 15 is 0 Å². The van der Waals surface area contributed by atoms with Crippen LogP contribution in [0.1, 0.15) is 18.4 Å². The highest BCUT2D eigenvalue weighted by Crippen LogP contribution is 2.30. The average molecular weight is 241 g/mol. The second kappa shape index (κ2) is 4.77. The summed E-state index contributed by atoms with van der Waals surface area (Å²) in [5.74, 6) is 0.150. The number of hydrogen-bond donors (Lipinski definition) is 0. The molecule has 0 radical (unpaired) electrons. The Hall–Kier alpha value is -1.90. The lowest BCUT2D eigenvalue weighted by molar-refractivity contribution is -0.145. The molecule has 0 aliphatic heterocycles. The van der Waals surface area contributed by atoms with Crippen LogP contribution in [0.5, 0.6) is 0 Å². The van der Waals surface area contributed by atoms with Crippen molar-refractivity contribution in [2.45, 2.75) is 19.3 Å². The van der Waals surface area contributed by atoms with Crippen LogP contribution < -0.4 is 0 Å². The van der Waals surface area contributed by atoms with Gasteiger partial charge in [0.05, 0.1) is 18.0 Å². The van der Waals surface area contributed by atoms with Gasteiger partial charge in [-0.3, -0.25) is 9.78 Å². The van der Waals surface area contributed by atoms with Crippen LogP contribution in [0.3, 0.4) is 0 Å². The summed E-state index contributed by atoms with van der Waals surface area (Å²) in [6, 6.07) is 10.1. The van der Waals surface area contributed by atoms with Gasteiger partial charge in [0.1, 0.15) is 0 Å². The van der Waals surface area contributed by atoms with Gasteiger partial charge in [-0.15, -0.1) is 0 Å². The normalized spacial score (nSPS) is 14.7. The second-order valence-electron chi connectivity index (χ2n) is 4.72. The van der Waals surface area contributed by atoms with Gasteiger partial charge in [-0.1, -0.05) is 18.2 Å². The van der Waals surface area contributed by atoms with Crippen molar-refractivity contribution in [2.24, 2.45) is 5.92 Å². The standard InChI is InChI=1S/C15H15NO2/c17-15(13-5-6-13)18-9-7-11-3-4-12-2-1-8-16-14(12)10-11/h1-4,8,10,13H,5-7,9H2. The van der Waals surface area contributed by atoms with E-state index in [0.29, 0.717) is 6.61 Å². The molecule has 18 heavy (non-hydrogen) atoms. The monoisotopic (exact) mass is 241 g/mol. The van der Waals surface area contributed by atoms with Gasteiger partial charge in [-0.05, 0) is 30.5 Å². The maximum absolute atomic E-state index is 11.4. The highest BCUT2D eigenvalue weighted by Gasteiger charge is 2.30. The van der Waals surface area contributed by atoms with E-state index in [4.69, 9.17) is 4.74 Å². The molecule has 0 N–H and O–H groups in total. The van der Waals surface area contributed by atoms with Gasteiger partial charge in [-0.2, -0.15) is 0 Å². The van der Waals surface area contributed by atoms with Gasteiger partial charge >= 0.3 is 5.97 Å². The minimum Gasteiger partial charge on any atom is -0.465 e. The van der Waals surface area contributed by atoms with Crippen LogP contribution in [0.15, 0.2) is 36.5 Å². The van der Waals surface area contributed by atoms with Crippen LogP contribution in [0.2, 0.25) is 0 Å². The molecule has 1 aromatic carbocycles. The molecule has 3 heteroatoms. The summed E-state index contributed by atoms with van der Waals surface area (Å²) >= 11 is 0. The summed E-state index contributed by atoms with van der Waals surface area (Å²) < 4.78 is 5.22. The smallest absolute Gasteiger partial charge is 0.308 e. The molecule has 0 amide bonds. The molecule has 3 rings (SSSR count). The molecule has 92 valence electrons. The second-order valence-corrected chi connectivity index (χ2v) is 4.72. The van der Waals surface area contributed by atoms with E-state index in [9.17, 15) is 4.79 Å². The third-order valence-electron chi connectivity index (χ3n) is 3.22. The molecule has 0 bridgehead atoms. The highest BCUT2D eigenvalue weighted by molar-refractivity contribution is 5.78. The molecule has 0 saturated heterocycles. The van der Waals surface area contributed by atoms with Crippen molar-refractivity contribution in [3.63, 3.8) is 0 Å². The molecule has 0 unspecified atom stereocenters. The molecule has 0 atom stereocenters. The van der Waals surface area contributed by atoms with Gasteiger partial charge in [0, 0.05) is 18.0 Å². The van der Waals surface area contributed by atoms with E-state index < -0.39 is 0 Å². The van der Waals surface area contributed by atoms with Gasteiger partial charge in [0.2, 0.25) is 0 Å². The SMILES string of the molecule is O=C(OCCc1ccc2cccnc2c1)C1CC1. The molecule has 0 spiro atoms. The topological polar surface area (TPSA) is 39.2 Å². The molecule has 1 fully saturated rings. The van der Waals surface area contributed by atoms with Crippen molar-refractivity contribution in [2.75, 3.05) is 6.61 Å². The number of ether oxygens (including phenoxy) is 1. The zero-order valence-electron chi connectivity index (χ0n) is 10.1. The van der Waals surface area contributed by atoms with Crippen LogP contribution in [-0.2, 0) is 16.0 Å². The highest BCUT2D eigenvalue weighted by atomic mass is 16.5. The average Bonchev–Trinajstić information content (AvgIpc) is 3.23. The first-order chi connectivity index (χ1) is 8.83. The van der Waals surface area contributed by atoms with Crippen LogP contribution in [0.25, 0.3) is 10.9 Å². The number of nitrogens with zero attached hydrogens (tertiary/aromatic N) is 1. The van der Waals surface area contributed by atoms with E-state index in [1.807, 2.05) is 12.1 Å². The maximum Gasteiger partial charge on any atom is 0.308 e. The number of esters is 1. The molecular formula is C15H15NO2. The Bertz CT molecular complexity index is 575. The number of hydrogen-bond acceptors (Lipinski definition) is 3. The lowest BCUT2D eigenvalue weighted by Crippen LogP contribution is -2.09. The predicted octanol–water partition coefficient (Wildman–Crippen LogP) is 2.73. The first-order valence-corrected chi connectivity index (χ1v) is 6.33. The Balaban J connectivity index is 1.61. The van der Waals surface area contributed by atoms with Crippen molar-refractivity contribution >= 4 is 16.9 Å². The lowest BCUT2D eigenvalue weighted by atomic mass is 10.1. The van der Waals surface area contributed by atoms with Gasteiger partial charge < -0.3 is 4.74 Å². The van der Waals surface area contributed by atoms with Crippen molar-refractivity contribution in [1.82, 2.24) is 4.98 Å². The van der Waals surface area contributed by atoms with E-state index in [1.54, 1.807) is 6.20 Å². The van der Waals surface area contributed by atoms with Crippen LogP contribution in [0.4, 0.5) is 0 Å². The minimum atomic E-state index is -0.0334. The molecule has 1 aromatic heterocycles. The Kier molecular flexibility index (Phi) is 2.97. The Morgan fingerprint density at radius 1 is 1.33 bits per heavy atom. The zero-order valence-corrected chi connectivity index (χ0v) is 10.1. The Morgan fingerprint density at radius 3 is 3.06 bits per heavy atom. The fourth-order valence-electron chi connectivity index (χ4n) is 1.97. The summed E-state index contributed by atoms with van der Waals surface area (Å²) in [5, 5.41) is 1.14. The summed E-state index contributed by atoms with van der Waals surface area (Å²) in [7, 11) is 0. The minimum absolute atomic E-state index is 0.0334. The molecular weight excluding hydrogens is 226 g/mol. The van der Waals surface area contributed by atoms with Crippen LogP contribution >= 0.6 is 0 Å². The van der Waals surface area contributed by atoms with Gasteiger partial charge in [0.15, 0.2) is 0 Å². The van der Waals surface area contributed by atoms with Crippen molar-refractivity contribution < 1.29 is 9.53 Å². The van der Waals surface area contributed by atoms with E-state index in [1.165, 1.54) is 0 Å². The van der Waals surface area contributed by atoms with E-state index in [2.05, 4.69) is 23.2 Å². The van der Waals surface area contributed by atoms with E-state index in [-0.39, 0.29) is 11.9 Å². The molecule has 1 saturated carbocycles. The molecule has 3 nitrogen and oxygen atoms in total. The number of pyridine rings is 1. The lowest BCUT2D eigenvalue weighted by Gasteiger charge is -2.05. The van der Waals surface area contributed by atoms with Crippen molar-refractivity contribution in [1.29, 1.82) is 0 Å². The van der Waals surface area contributed by atoms with Crippen LogP contribution in [0, 0.1) is 5.92 Å². The summed E-state index contributed by atoms with van der Waals surface area (Å²) in [6.45, 7) is 0.466. The number of aromatic nitrogens is 1. The quantitative estimate of drug-likeness (QED) is 0.773. The molecule has 1 aliphatic carbocycles. The molecule has 2 aromatic rings. The fraction of sp³-hybridized carbons (Fsp3) is 0.333. The van der Waals surface area contributed by atoms with Crippen molar-refractivity contribution in [3.8, 4) is 0 Å². The van der Waals surface area contributed by atoms with Gasteiger partial charge in [0.25, 0.3) is 0 Å². The summed E-state index contributed by atoms with van der Waals surface area (Å²) in [6.07, 6.45) is 4.54. The predicted molar refractivity (Wildman–Crippen MR) is 69.1 cm³/mol. The first-order valence-electron chi connectivity index (χ1n) is 6.33. The Labute approximate surface area is 106 Å². The van der Waals surface area contributed by atoms with Gasteiger partial charge in [-0.25, -0.2) is 0 Å². The number of carbonyl (C=O) groups is 1. The number of fused-ring (bicyclic) bond motifs is 1. The third-order valence-corrected chi connectivity index (χ3v) is 3.22.